The minimum Gasteiger partial charge on any atom is -0.390 e. The van der Waals surface area contributed by atoms with E-state index in [1.165, 1.54) is 6.07 Å². The second-order valence-corrected chi connectivity index (χ2v) is 4.73. The normalized spacial score (nSPS) is 14.8. The van der Waals surface area contributed by atoms with Crippen LogP contribution in [-0.4, -0.2) is 22.4 Å². The molecule has 4 heteroatoms. The van der Waals surface area contributed by atoms with Crippen LogP contribution in [0.3, 0.4) is 0 Å². The largest absolute Gasteiger partial charge is 0.390 e. The second kappa shape index (κ2) is 6.33. The van der Waals surface area contributed by atoms with Gasteiger partial charge >= 0.3 is 0 Å². The van der Waals surface area contributed by atoms with E-state index in [1.807, 2.05) is 6.92 Å². The SMILES string of the molecule is CCCC(O)C(O)Cc1ccc(F)c(Br)c1. The molecule has 0 aliphatic rings. The van der Waals surface area contributed by atoms with Gasteiger partial charge in [0, 0.05) is 6.42 Å². The Labute approximate surface area is 103 Å². The third kappa shape index (κ3) is 3.85. The second-order valence-electron chi connectivity index (χ2n) is 3.88. The first-order chi connectivity index (χ1) is 7.54. The Balaban J connectivity index is 2.62. The van der Waals surface area contributed by atoms with Crippen LogP contribution in [0.5, 0.6) is 0 Å². The van der Waals surface area contributed by atoms with Crippen molar-refractivity contribution in [3.05, 3.63) is 34.1 Å². The highest BCUT2D eigenvalue weighted by Gasteiger charge is 2.16. The zero-order valence-corrected chi connectivity index (χ0v) is 10.7. The Hall–Kier alpha value is -0.450. The Bertz CT molecular complexity index is 344. The van der Waals surface area contributed by atoms with Crippen LogP contribution in [0.15, 0.2) is 22.7 Å². The van der Waals surface area contributed by atoms with Gasteiger partial charge in [-0.15, -0.1) is 0 Å². The summed E-state index contributed by atoms with van der Waals surface area (Å²) in [5.74, 6) is -0.327. The van der Waals surface area contributed by atoms with E-state index in [9.17, 15) is 14.6 Å². The maximum atomic E-state index is 13.0. The molecule has 0 aromatic heterocycles. The van der Waals surface area contributed by atoms with E-state index in [1.54, 1.807) is 12.1 Å². The maximum Gasteiger partial charge on any atom is 0.137 e. The van der Waals surface area contributed by atoms with Crippen molar-refractivity contribution in [2.45, 2.75) is 38.4 Å². The van der Waals surface area contributed by atoms with Crippen molar-refractivity contribution >= 4 is 15.9 Å². The summed E-state index contributed by atoms with van der Waals surface area (Å²) in [7, 11) is 0. The monoisotopic (exact) mass is 290 g/mol. The number of hydrogen-bond donors (Lipinski definition) is 2. The summed E-state index contributed by atoms with van der Waals surface area (Å²) in [6, 6.07) is 4.58. The highest BCUT2D eigenvalue weighted by atomic mass is 79.9. The number of halogens is 2. The molecule has 1 aromatic rings. The van der Waals surface area contributed by atoms with Crippen LogP contribution in [0.1, 0.15) is 25.3 Å². The highest BCUT2D eigenvalue weighted by molar-refractivity contribution is 9.10. The molecule has 2 unspecified atom stereocenters. The third-order valence-corrected chi connectivity index (χ3v) is 3.07. The molecule has 2 atom stereocenters. The van der Waals surface area contributed by atoms with E-state index in [0.717, 1.165) is 12.0 Å². The van der Waals surface area contributed by atoms with Crippen LogP contribution in [0.25, 0.3) is 0 Å². The lowest BCUT2D eigenvalue weighted by molar-refractivity contribution is 0.0148. The van der Waals surface area contributed by atoms with Crippen LogP contribution >= 0.6 is 15.9 Å². The molecule has 1 aromatic carbocycles. The molecule has 0 heterocycles. The lowest BCUT2D eigenvalue weighted by Gasteiger charge is -2.17. The van der Waals surface area contributed by atoms with Gasteiger partial charge in [-0.25, -0.2) is 4.39 Å². The van der Waals surface area contributed by atoms with Gasteiger partial charge in [0.15, 0.2) is 0 Å². The molecular weight excluding hydrogens is 275 g/mol. The van der Waals surface area contributed by atoms with E-state index < -0.39 is 12.2 Å². The smallest absolute Gasteiger partial charge is 0.137 e. The van der Waals surface area contributed by atoms with Crippen LogP contribution in [-0.2, 0) is 6.42 Å². The Morgan fingerprint density at radius 3 is 2.56 bits per heavy atom. The zero-order valence-electron chi connectivity index (χ0n) is 9.16. The molecule has 0 saturated heterocycles. The Morgan fingerprint density at radius 2 is 2.00 bits per heavy atom. The van der Waals surface area contributed by atoms with Crippen molar-refractivity contribution in [1.29, 1.82) is 0 Å². The first-order valence-electron chi connectivity index (χ1n) is 5.34. The predicted octanol–water partition coefficient (Wildman–Crippen LogP) is 2.65. The summed E-state index contributed by atoms with van der Waals surface area (Å²) >= 11 is 3.08. The van der Waals surface area contributed by atoms with Gasteiger partial charge in [0.1, 0.15) is 5.82 Å². The van der Waals surface area contributed by atoms with Gasteiger partial charge < -0.3 is 10.2 Å². The average Bonchev–Trinajstić information content (AvgIpc) is 2.24. The van der Waals surface area contributed by atoms with Crippen LogP contribution < -0.4 is 0 Å². The van der Waals surface area contributed by atoms with Crippen molar-refractivity contribution in [2.24, 2.45) is 0 Å². The number of benzene rings is 1. The Kier molecular flexibility index (Phi) is 5.38. The minimum absolute atomic E-state index is 0.327. The van der Waals surface area contributed by atoms with Gasteiger partial charge in [-0.3, -0.25) is 0 Å². The highest BCUT2D eigenvalue weighted by Crippen LogP contribution is 2.18. The van der Waals surface area contributed by atoms with Crippen LogP contribution in [0.4, 0.5) is 4.39 Å². The van der Waals surface area contributed by atoms with E-state index >= 15 is 0 Å². The van der Waals surface area contributed by atoms with E-state index in [2.05, 4.69) is 15.9 Å². The summed E-state index contributed by atoms with van der Waals surface area (Å²) in [4.78, 5) is 0. The fraction of sp³-hybridized carbons (Fsp3) is 0.500. The molecule has 0 aliphatic carbocycles. The predicted molar refractivity (Wildman–Crippen MR) is 64.7 cm³/mol. The Morgan fingerprint density at radius 1 is 1.31 bits per heavy atom. The molecule has 2 N–H and O–H groups in total. The number of aliphatic hydroxyl groups is 2. The summed E-state index contributed by atoms with van der Waals surface area (Å²) in [6.45, 7) is 1.95. The molecule has 1 rings (SSSR count). The van der Waals surface area contributed by atoms with Crippen molar-refractivity contribution in [1.82, 2.24) is 0 Å². The van der Waals surface area contributed by atoms with E-state index in [-0.39, 0.29) is 5.82 Å². The number of aliphatic hydroxyl groups excluding tert-OH is 2. The van der Waals surface area contributed by atoms with Gasteiger partial charge in [0.2, 0.25) is 0 Å². The summed E-state index contributed by atoms with van der Waals surface area (Å²) in [5.41, 5.74) is 0.802. The van der Waals surface area contributed by atoms with Gasteiger partial charge in [-0.05, 0) is 40.0 Å². The van der Waals surface area contributed by atoms with Gasteiger partial charge in [0.25, 0.3) is 0 Å². The zero-order chi connectivity index (χ0) is 12.1. The van der Waals surface area contributed by atoms with E-state index in [0.29, 0.717) is 17.3 Å². The fourth-order valence-electron chi connectivity index (χ4n) is 1.53. The molecule has 0 bridgehead atoms. The topological polar surface area (TPSA) is 40.5 Å². The summed E-state index contributed by atoms with van der Waals surface area (Å²) < 4.78 is 13.3. The average molecular weight is 291 g/mol. The van der Waals surface area contributed by atoms with Crippen molar-refractivity contribution in [3.63, 3.8) is 0 Å². The third-order valence-electron chi connectivity index (χ3n) is 2.46. The maximum absolute atomic E-state index is 13.0. The van der Waals surface area contributed by atoms with Crippen LogP contribution in [0.2, 0.25) is 0 Å². The standard InChI is InChI=1S/C12H16BrFO2/c1-2-3-11(15)12(16)7-8-4-5-10(14)9(13)6-8/h4-6,11-12,15-16H,2-3,7H2,1H3. The van der Waals surface area contributed by atoms with Crippen LogP contribution in [0, 0.1) is 5.82 Å². The first-order valence-corrected chi connectivity index (χ1v) is 6.14. The molecule has 16 heavy (non-hydrogen) atoms. The lowest BCUT2D eigenvalue weighted by Crippen LogP contribution is -2.27. The minimum atomic E-state index is -0.794. The van der Waals surface area contributed by atoms with Crippen molar-refractivity contribution in [3.8, 4) is 0 Å². The molecule has 0 fully saturated rings. The summed E-state index contributed by atoms with van der Waals surface area (Å²) in [5, 5.41) is 19.3. The molecular formula is C12H16BrFO2. The van der Waals surface area contributed by atoms with Crippen molar-refractivity contribution in [2.75, 3.05) is 0 Å². The van der Waals surface area contributed by atoms with Gasteiger partial charge in [-0.2, -0.15) is 0 Å². The first kappa shape index (κ1) is 13.6. The van der Waals surface area contributed by atoms with Gasteiger partial charge in [0.05, 0.1) is 16.7 Å². The lowest BCUT2D eigenvalue weighted by atomic mass is 10.0. The number of hydrogen-bond acceptors (Lipinski definition) is 2. The number of rotatable bonds is 5. The molecule has 0 spiro atoms. The summed E-state index contributed by atoms with van der Waals surface area (Å²) in [6.07, 6.45) is 0.223. The molecule has 90 valence electrons. The molecule has 0 aliphatic heterocycles. The quantitative estimate of drug-likeness (QED) is 0.875. The van der Waals surface area contributed by atoms with Crippen molar-refractivity contribution < 1.29 is 14.6 Å². The van der Waals surface area contributed by atoms with Gasteiger partial charge in [-0.1, -0.05) is 19.4 Å². The van der Waals surface area contributed by atoms with E-state index in [4.69, 9.17) is 0 Å². The fourth-order valence-corrected chi connectivity index (χ4v) is 1.96. The molecule has 0 saturated carbocycles. The molecule has 2 nitrogen and oxygen atoms in total. The molecule has 0 radical (unpaired) electrons. The molecule has 0 amide bonds.